The SMILES string of the molecule is N=c1nc(N)c(C(c2ccccc2)c2ccccc2)nn1CC(Cl)(Cl)Cl. The highest BCUT2D eigenvalue weighted by Crippen LogP contribution is 2.33. The second kappa shape index (κ2) is 7.66. The molecule has 134 valence electrons. The van der Waals surface area contributed by atoms with E-state index in [2.05, 4.69) is 10.1 Å². The smallest absolute Gasteiger partial charge is 0.240 e. The van der Waals surface area contributed by atoms with E-state index in [9.17, 15) is 0 Å². The minimum atomic E-state index is -1.60. The van der Waals surface area contributed by atoms with Crippen LogP contribution in [0.1, 0.15) is 22.7 Å². The van der Waals surface area contributed by atoms with Crippen LogP contribution in [-0.4, -0.2) is 18.6 Å². The van der Waals surface area contributed by atoms with Gasteiger partial charge in [-0.15, -0.1) is 0 Å². The number of rotatable bonds is 4. The molecular weight excluding hydrogens is 393 g/mol. The molecule has 0 aliphatic rings. The number of halogens is 3. The second-order valence-electron chi connectivity index (χ2n) is 5.73. The number of anilines is 1. The van der Waals surface area contributed by atoms with Gasteiger partial charge in [-0.05, 0) is 11.1 Å². The zero-order valence-corrected chi connectivity index (χ0v) is 15.9. The minimum absolute atomic E-state index is 0.104. The van der Waals surface area contributed by atoms with Gasteiger partial charge in [0.05, 0.1) is 12.5 Å². The molecule has 3 rings (SSSR count). The largest absolute Gasteiger partial charge is 0.382 e. The molecule has 3 aromatic rings. The maximum Gasteiger partial charge on any atom is 0.240 e. The van der Waals surface area contributed by atoms with Crippen molar-refractivity contribution in [1.82, 2.24) is 14.8 Å². The van der Waals surface area contributed by atoms with Crippen molar-refractivity contribution in [1.29, 1.82) is 5.41 Å². The van der Waals surface area contributed by atoms with Crippen molar-refractivity contribution in [2.24, 2.45) is 0 Å². The van der Waals surface area contributed by atoms with E-state index in [1.54, 1.807) is 0 Å². The maximum absolute atomic E-state index is 7.97. The first-order chi connectivity index (χ1) is 12.3. The second-order valence-corrected chi connectivity index (χ2v) is 8.25. The predicted molar refractivity (Wildman–Crippen MR) is 104 cm³/mol. The molecule has 0 atom stereocenters. The van der Waals surface area contributed by atoms with Crippen LogP contribution in [0.3, 0.4) is 0 Å². The summed E-state index contributed by atoms with van der Waals surface area (Å²) in [5.41, 5.74) is 8.46. The van der Waals surface area contributed by atoms with E-state index in [4.69, 9.17) is 45.9 Å². The molecule has 0 saturated heterocycles. The third-order valence-corrected chi connectivity index (χ3v) is 4.19. The van der Waals surface area contributed by atoms with Crippen molar-refractivity contribution in [2.75, 3.05) is 5.73 Å². The lowest BCUT2D eigenvalue weighted by molar-refractivity contribution is 0.535. The van der Waals surface area contributed by atoms with Gasteiger partial charge in [0, 0.05) is 0 Å². The first-order valence-electron chi connectivity index (χ1n) is 7.81. The van der Waals surface area contributed by atoms with E-state index < -0.39 is 3.79 Å². The average molecular weight is 409 g/mol. The summed E-state index contributed by atoms with van der Waals surface area (Å²) >= 11 is 17.6. The highest BCUT2D eigenvalue weighted by atomic mass is 35.6. The van der Waals surface area contributed by atoms with Crippen LogP contribution in [0.25, 0.3) is 0 Å². The van der Waals surface area contributed by atoms with Crippen LogP contribution in [-0.2, 0) is 6.54 Å². The van der Waals surface area contributed by atoms with Gasteiger partial charge in [0.25, 0.3) is 0 Å². The first kappa shape index (κ1) is 18.7. The molecule has 0 aliphatic carbocycles. The summed E-state index contributed by atoms with van der Waals surface area (Å²) in [5.74, 6) is -0.0830. The van der Waals surface area contributed by atoms with Crippen LogP contribution in [0.15, 0.2) is 60.7 Å². The molecule has 0 aliphatic heterocycles. The van der Waals surface area contributed by atoms with Gasteiger partial charge >= 0.3 is 0 Å². The Morgan fingerprint density at radius 1 is 0.962 bits per heavy atom. The van der Waals surface area contributed by atoms with E-state index in [0.717, 1.165) is 11.1 Å². The summed E-state index contributed by atoms with van der Waals surface area (Å²) in [5, 5.41) is 12.5. The third-order valence-electron chi connectivity index (χ3n) is 3.83. The summed E-state index contributed by atoms with van der Waals surface area (Å²) in [6.07, 6.45) is 0. The lowest BCUT2D eigenvalue weighted by atomic mass is 9.88. The summed E-state index contributed by atoms with van der Waals surface area (Å²) in [4.78, 5) is 4.10. The van der Waals surface area contributed by atoms with Crippen LogP contribution >= 0.6 is 34.8 Å². The summed E-state index contributed by atoms with van der Waals surface area (Å²) in [7, 11) is 0. The fraction of sp³-hybridized carbons (Fsp3) is 0.167. The number of aromatic nitrogens is 3. The number of nitrogen functional groups attached to an aromatic ring is 1. The predicted octanol–water partition coefficient (Wildman–Crippen LogP) is 3.89. The zero-order valence-electron chi connectivity index (χ0n) is 13.6. The number of alkyl halides is 3. The molecule has 5 nitrogen and oxygen atoms in total. The van der Waals surface area contributed by atoms with Gasteiger partial charge in [0.15, 0.2) is 5.82 Å². The molecule has 0 unspecified atom stereocenters. The molecule has 8 heteroatoms. The molecular formula is C18H16Cl3N5. The Balaban J connectivity index is 2.19. The van der Waals surface area contributed by atoms with Crippen molar-refractivity contribution in [2.45, 2.75) is 16.3 Å². The van der Waals surface area contributed by atoms with Gasteiger partial charge < -0.3 is 5.73 Å². The van der Waals surface area contributed by atoms with Crippen molar-refractivity contribution < 1.29 is 0 Å². The van der Waals surface area contributed by atoms with Crippen molar-refractivity contribution in [3.05, 3.63) is 83.1 Å². The van der Waals surface area contributed by atoms with Crippen molar-refractivity contribution in [3.63, 3.8) is 0 Å². The molecule has 2 aromatic carbocycles. The number of benzene rings is 2. The van der Waals surface area contributed by atoms with Crippen LogP contribution in [0.5, 0.6) is 0 Å². The molecule has 3 N–H and O–H groups in total. The average Bonchev–Trinajstić information content (AvgIpc) is 2.60. The van der Waals surface area contributed by atoms with Crippen LogP contribution < -0.4 is 11.4 Å². The van der Waals surface area contributed by atoms with Gasteiger partial charge in [-0.25, -0.2) is 4.68 Å². The summed E-state index contributed by atoms with van der Waals surface area (Å²) in [6.45, 7) is -0.104. The Bertz CT molecular complexity index is 897. The Morgan fingerprint density at radius 2 is 1.46 bits per heavy atom. The molecule has 26 heavy (non-hydrogen) atoms. The monoisotopic (exact) mass is 407 g/mol. The van der Waals surface area contributed by atoms with Gasteiger partial charge in [-0.1, -0.05) is 95.5 Å². The normalized spacial score (nSPS) is 11.7. The van der Waals surface area contributed by atoms with E-state index in [0.29, 0.717) is 5.69 Å². The standard InChI is InChI=1S/C18H16Cl3N5/c19-18(20,21)11-26-17(23)24-16(22)15(25-26)14(12-7-3-1-4-8-12)13-9-5-2-6-10-13/h1-10,14H,11H2,(H3,22,23,24). The van der Waals surface area contributed by atoms with Crippen molar-refractivity contribution >= 4 is 40.6 Å². The van der Waals surface area contributed by atoms with Gasteiger partial charge in [-0.3, -0.25) is 5.41 Å². The zero-order chi connectivity index (χ0) is 18.7. The first-order valence-corrected chi connectivity index (χ1v) is 8.94. The number of hydrogen-bond acceptors (Lipinski definition) is 4. The van der Waals surface area contributed by atoms with Crippen LogP contribution in [0.4, 0.5) is 5.82 Å². The Labute approximate surface area is 165 Å². The van der Waals surface area contributed by atoms with E-state index >= 15 is 0 Å². The third kappa shape index (κ3) is 4.36. The summed E-state index contributed by atoms with van der Waals surface area (Å²) in [6, 6.07) is 19.6. The molecule has 0 amide bonds. The lowest BCUT2D eigenvalue weighted by Gasteiger charge is -2.21. The van der Waals surface area contributed by atoms with Crippen molar-refractivity contribution in [3.8, 4) is 0 Å². The number of nitrogens with two attached hydrogens (primary N) is 1. The molecule has 0 saturated carbocycles. The van der Waals surface area contributed by atoms with Gasteiger partial charge in [0.2, 0.25) is 9.41 Å². The maximum atomic E-state index is 7.97. The fourth-order valence-corrected chi connectivity index (χ4v) is 3.08. The molecule has 0 fully saturated rings. The molecule has 0 bridgehead atoms. The fourth-order valence-electron chi connectivity index (χ4n) is 2.74. The Kier molecular flexibility index (Phi) is 5.51. The summed E-state index contributed by atoms with van der Waals surface area (Å²) < 4.78 is -0.352. The van der Waals surface area contributed by atoms with Gasteiger partial charge in [-0.2, -0.15) is 10.1 Å². The lowest BCUT2D eigenvalue weighted by Crippen LogP contribution is -2.33. The molecule has 0 spiro atoms. The minimum Gasteiger partial charge on any atom is -0.382 e. The molecule has 1 heterocycles. The van der Waals surface area contributed by atoms with E-state index in [1.807, 2.05) is 60.7 Å². The Hall–Kier alpha value is -2.08. The van der Waals surface area contributed by atoms with Crippen LogP contribution in [0, 0.1) is 5.41 Å². The highest BCUT2D eigenvalue weighted by molar-refractivity contribution is 6.67. The van der Waals surface area contributed by atoms with Gasteiger partial charge in [0.1, 0.15) is 5.69 Å². The highest BCUT2D eigenvalue weighted by Gasteiger charge is 2.26. The van der Waals surface area contributed by atoms with E-state index in [1.165, 1.54) is 4.68 Å². The molecule has 0 radical (unpaired) electrons. The quantitative estimate of drug-likeness (QED) is 0.643. The molecule has 1 aromatic heterocycles. The number of nitrogens with zero attached hydrogens (tertiary/aromatic N) is 3. The number of nitrogens with one attached hydrogen (secondary N) is 1. The van der Waals surface area contributed by atoms with E-state index in [-0.39, 0.29) is 23.9 Å². The van der Waals surface area contributed by atoms with Crippen LogP contribution in [0.2, 0.25) is 0 Å². The Morgan fingerprint density at radius 3 is 1.92 bits per heavy atom. The number of hydrogen-bond donors (Lipinski definition) is 2. The topological polar surface area (TPSA) is 80.6 Å².